The number of carbonyl (C=O) groups excluding carboxylic acids is 1. The summed E-state index contributed by atoms with van der Waals surface area (Å²) < 4.78 is 12.4. The van der Waals surface area contributed by atoms with Crippen LogP contribution < -0.4 is 5.56 Å². The number of rotatable bonds is 5. The first-order valence-electron chi connectivity index (χ1n) is 9.84. The van der Waals surface area contributed by atoms with Crippen LogP contribution in [0.1, 0.15) is 29.9 Å². The first-order chi connectivity index (χ1) is 14.4. The number of aryl methyl sites for hydroxylation is 1. The van der Waals surface area contributed by atoms with Gasteiger partial charge >= 0.3 is 5.97 Å². The van der Waals surface area contributed by atoms with Crippen molar-refractivity contribution in [2.24, 2.45) is 5.92 Å². The zero-order valence-corrected chi connectivity index (χ0v) is 19.1. The van der Waals surface area contributed by atoms with Gasteiger partial charge in [-0.1, -0.05) is 37.7 Å². The van der Waals surface area contributed by atoms with Crippen molar-refractivity contribution in [2.75, 3.05) is 12.9 Å². The molecule has 4 rings (SSSR count). The van der Waals surface area contributed by atoms with E-state index in [0.29, 0.717) is 34.3 Å². The second-order valence-electron chi connectivity index (χ2n) is 7.72. The van der Waals surface area contributed by atoms with Crippen molar-refractivity contribution in [1.82, 2.24) is 9.55 Å². The van der Waals surface area contributed by atoms with Crippen LogP contribution in [0.25, 0.3) is 15.9 Å². The number of hydrogen-bond donors (Lipinski definition) is 0. The van der Waals surface area contributed by atoms with Crippen LogP contribution in [0.15, 0.2) is 34.2 Å². The summed E-state index contributed by atoms with van der Waals surface area (Å²) in [5.74, 6) is 0.0999. The van der Waals surface area contributed by atoms with Crippen LogP contribution in [0, 0.1) is 12.8 Å². The summed E-state index contributed by atoms with van der Waals surface area (Å²) in [5.41, 5.74) is 2.75. The fourth-order valence-corrected chi connectivity index (χ4v) is 5.62. The Labute approximate surface area is 183 Å². The average Bonchev–Trinajstić information content (AvgIpc) is 3.09. The van der Waals surface area contributed by atoms with Gasteiger partial charge in [0.2, 0.25) is 0 Å². The molecule has 8 heteroatoms. The smallest absolute Gasteiger partial charge is 0.316 e. The molecule has 0 saturated carbocycles. The number of methoxy groups -OCH3 is 1. The number of fused-ring (bicyclic) bond motifs is 3. The maximum atomic E-state index is 13.7. The monoisotopic (exact) mass is 444 g/mol. The first kappa shape index (κ1) is 21.1. The van der Waals surface area contributed by atoms with E-state index >= 15 is 0 Å². The van der Waals surface area contributed by atoms with E-state index in [1.807, 2.05) is 31.2 Å². The Morgan fingerprint density at radius 2 is 2.23 bits per heavy atom. The summed E-state index contributed by atoms with van der Waals surface area (Å²) in [6, 6.07) is 7.75. The fraction of sp³-hybridized carbons (Fsp3) is 0.409. The number of thiophene rings is 1. The number of carbonyl (C=O) groups is 1. The van der Waals surface area contributed by atoms with E-state index in [9.17, 15) is 9.59 Å². The van der Waals surface area contributed by atoms with Gasteiger partial charge in [-0.05, 0) is 36.1 Å². The largest absolute Gasteiger partial charge is 0.468 e. The minimum atomic E-state index is -0.358. The van der Waals surface area contributed by atoms with Crippen molar-refractivity contribution < 1.29 is 14.3 Å². The van der Waals surface area contributed by atoms with Crippen molar-refractivity contribution in [2.45, 2.75) is 45.1 Å². The van der Waals surface area contributed by atoms with E-state index in [1.54, 1.807) is 4.57 Å². The van der Waals surface area contributed by atoms with Crippen LogP contribution in [0.4, 0.5) is 0 Å². The normalized spacial score (nSPS) is 16.1. The topological polar surface area (TPSA) is 70.4 Å². The summed E-state index contributed by atoms with van der Waals surface area (Å²) in [6.07, 6.45) is 0.808. The highest BCUT2D eigenvalue weighted by atomic mass is 32.2. The van der Waals surface area contributed by atoms with E-state index in [1.165, 1.54) is 30.2 Å². The molecule has 0 saturated heterocycles. The van der Waals surface area contributed by atoms with Crippen molar-refractivity contribution in [3.8, 4) is 5.69 Å². The van der Waals surface area contributed by atoms with E-state index in [0.717, 1.165) is 21.7 Å². The highest BCUT2D eigenvalue weighted by molar-refractivity contribution is 7.99. The van der Waals surface area contributed by atoms with Gasteiger partial charge in [0, 0.05) is 11.3 Å². The van der Waals surface area contributed by atoms with E-state index in [4.69, 9.17) is 14.5 Å². The molecule has 0 spiro atoms. The van der Waals surface area contributed by atoms with Crippen molar-refractivity contribution in [1.29, 1.82) is 0 Å². The molecule has 0 amide bonds. The zero-order valence-electron chi connectivity index (χ0n) is 17.4. The van der Waals surface area contributed by atoms with Gasteiger partial charge in [0.1, 0.15) is 4.83 Å². The summed E-state index contributed by atoms with van der Waals surface area (Å²) >= 11 is 2.72. The molecule has 6 nitrogen and oxygen atoms in total. The Balaban J connectivity index is 1.91. The predicted molar refractivity (Wildman–Crippen MR) is 120 cm³/mol. The van der Waals surface area contributed by atoms with Gasteiger partial charge in [0.25, 0.3) is 5.56 Å². The third kappa shape index (κ3) is 3.91. The second kappa shape index (κ2) is 8.53. The molecule has 0 unspecified atom stereocenters. The number of benzene rings is 1. The second-order valence-corrected chi connectivity index (χ2v) is 9.75. The lowest BCUT2D eigenvalue weighted by Gasteiger charge is -2.26. The van der Waals surface area contributed by atoms with E-state index < -0.39 is 0 Å². The molecular formula is C22H24N2O4S2. The standard InChI is InChI=1S/C22H24N2O4S2/c1-12(2)16-9-15-17(10-28-16)30-20-19(15)21(26)24(14-7-5-6-13(3)8-14)22(23-20)29-11-18(25)27-4/h5-8,12,16H,9-11H2,1-4H3/t16-/m1/s1. The lowest BCUT2D eigenvalue weighted by Crippen LogP contribution is -2.28. The molecule has 0 radical (unpaired) electrons. The molecule has 0 aliphatic carbocycles. The van der Waals surface area contributed by atoms with Crippen LogP contribution in [-0.4, -0.2) is 34.5 Å². The molecule has 30 heavy (non-hydrogen) atoms. The number of ether oxygens (including phenoxy) is 2. The molecule has 1 atom stereocenters. The minimum Gasteiger partial charge on any atom is -0.468 e. The highest BCUT2D eigenvalue weighted by Crippen LogP contribution is 2.36. The first-order valence-corrected chi connectivity index (χ1v) is 11.6. The van der Waals surface area contributed by atoms with Gasteiger partial charge in [0.15, 0.2) is 5.16 Å². The lowest BCUT2D eigenvalue weighted by molar-refractivity contribution is -0.137. The summed E-state index contributed by atoms with van der Waals surface area (Å²) in [6.45, 7) is 6.76. The quantitative estimate of drug-likeness (QED) is 0.335. The third-order valence-corrected chi connectivity index (χ3v) is 7.27. The average molecular weight is 445 g/mol. The van der Waals surface area contributed by atoms with Gasteiger partial charge in [-0.2, -0.15) is 0 Å². The number of aromatic nitrogens is 2. The summed E-state index contributed by atoms with van der Waals surface area (Å²) in [5, 5.41) is 1.16. The molecule has 3 heterocycles. The zero-order chi connectivity index (χ0) is 21.4. The van der Waals surface area contributed by atoms with Crippen molar-refractivity contribution in [3.05, 3.63) is 50.6 Å². The van der Waals surface area contributed by atoms with Gasteiger partial charge in [0.05, 0.1) is 36.6 Å². The summed E-state index contributed by atoms with van der Waals surface area (Å²) in [7, 11) is 1.35. The van der Waals surface area contributed by atoms with Gasteiger partial charge in [-0.15, -0.1) is 11.3 Å². The molecule has 2 aromatic heterocycles. The molecule has 0 bridgehead atoms. The highest BCUT2D eigenvalue weighted by Gasteiger charge is 2.29. The number of esters is 1. The Bertz CT molecular complexity index is 1170. The van der Waals surface area contributed by atoms with Crippen LogP contribution in [0.2, 0.25) is 0 Å². The van der Waals surface area contributed by atoms with Crippen LogP contribution in [0.3, 0.4) is 0 Å². The van der Waals surface area contributed by atoms with Crippen molar-refractivity contribution in [3.63, 3.8) is 0 Å². The number of thioether (sulfide) groups is 1. The maximum absolute atomic E-state index is 13.7. The van der Waals surface area contributed by atoms with E-state index in [2.05, 4.69) is 13.8 Å². The maximum Gasteiger partial charge on any atom is 0.316 e. The number of nitrogens with zero attached hydrogens (tertiary/aromatic N) is 2. The predicted octanol–water partition coefficient (Wildman–Crippen LogP) is 4.12. The minimum absolute atomic E-state index is 0.0872. The molecule has 1 aromatic carbocycles. The van der Waals surface area contributed by atoms with Crippen molar-refractivity contribution >= 4 is 39.3 Å². The third-order valence-electron chi connectivity index (χ3n) is 5.26. The molecule has 3 aromatic rings. The van der Waals surface area contributed by atoms with Gasteiger partial charge < -0.3 is 9.47 Å². The Hall–Kier alpha value is -2.16. The van der Waals surface area contributed by atoms with E-state index in [-0.39, 0.29) is 23.4 Å². The molecule has 1 aliphatic heterocycles. The van der Waals surface area contributed by atoms with Gasteiger partial charge in [-0.25, -0.2) is 4.98 Å². The molecule has 0 fully saturated rings. The lowest BCUT2D eigenvalue weighted by atomic mass is 9.96. The molecule has 158 valence electrons. The van der Waals surface area contributed by atoms with Crippen LogP contribution in [-0.2, 0) is 27.3 Å². The summed E-state index contributed by atoms with van der Waals surface area (Å²) in [4.78, 5) is 32.0. The Kier molecular flexibility index (Phi) is 5.99. The fourth-order valence-electron chi connectivity index (χ4n) is 3.61. The molecule has 1 aliphatic rings. The van der Waals surface area contributed by atoms with Gasteiger partial charge in [-0.3, -0.25) is 14.2 Å². The Morgan fingerprint density at radius 1 is 1.43 bits per heavy atom. The molecular weight excluding hydrogens is 420 g/mol. The van der Waals surface area contributed by atoms with Crippen LogP contribution in [0.5, 0.6) is 0 Å². The van der Waals surface area contributed by atoms with Crippen LogP contribution >= 0.6 is 23.1 Å². The SMILES string of the molecule is COC(=O)CSc1nc2sc3c(c2c(=O)n1-c1cccc(C)c1)C[C@H](C(C)C)OC3. The molecule has 0 N–H and O–H groups in total. The number of hydrogen-bond acceptors (Lipinski definition) is 7. The Morgan fingerprint density at radius 3 is 2.93 bits per heavy atom.